The Morgan fingerprint density at radius 2 is 1.39 bits per heavy atom. The van der Waals surface area contributed by atoms with Crippen molar-refractivity contribution in [2.45, 2.75) is 97.5 Å². The van der Waals surface area contributed by atoms with Crippen LogP contribution in [-0.4, -0.2) is 23.2 Å². The van der Waals surface area contributed by atoms with Crippen molar-refractivity contribution in [1.82, 2.24) is 9.97 Å². The van der Waals surface area contributed by atoms with E-state index in [0.29, 0.717) is 0 Å². The molecule has 7 aromatic carbocycles. The van der Waals surface area contributed by atoms with Gasteiger partial charge in [0.2, 0.25) is 0 Å². The van der Waals surface area contributed by atoms with Crippen LogP contribution in [0.25, 0.3) is 80.4 Å². The second-order valence-corrected chi connectivity index (χ2v) is 33.9. The monoisotopic (exact) mass is 1200 g/mol. The van der Waals surface area contributed by atoms with Gasteiger partial charge in [-0.1, -0.05) is 77.5 Å². The molecule has 12 rings (SSSR count). The third kappa shape index (κ3) is 8.84. The smallest absolute Gasteiger partial charge is 3.00 e. The van der Waals surface area contributed by atoms with Crippen LogP contribution < -0.4 is 9.30 Å². The number of anilines is 2. The largest absolute Gasteiger partial charge is 3.00 e. The number of para-hydroxylation sites is 1. The van der Waals surface area contributed by atoms with E-state index in [-0.39, 0.29) is 31.7 Å². The molecule has 1 aliphatic heterocycles. The first kappa shape index (κ1) is 47.2. The first-order valence-corrected chi connectivity index (χ1v) is 32.9. The van der Waals surface area contributed by atoms with Crippen molar-refractivity contribution in [2.75, 3.05) is 4.90 Å². The van der Waals surface area contributed by atoms with E-state index in [1.807, 2.05) is 45.2 Å². The predicted molar refractivity (Wildman–Crippen MR) is 307 cm³/mol. The van der Waals surface area contributed by atoms with Crippen molar-refractivity contribution in [3.63, 3.8) is 0 Å². The van der Waals surface area contributed by atoms with Crippen LogP contribution in [0.2, 0.25) is 17.3 Å². The average Bonchev–Trinajstić information content (AvgIpc) is 4.05. The van der Waals surface area contributed by atoms with E-state index in [1.54, 1.807) is 11.3 Å². The summed E-state index contributed by atoms with van der Waals surface area (Å²) >= 11 is -0.551. The summed E-state index contributed by atoms with van der Waals surface area (Å²) in [6, 6.07) is 51.7. The second-order valence-electron chi connectivity index (χ2n) is 22.3. The Balaban J connectivity index is 0.000000193. The maximum atomic E-state index is 8.90. The van der Waals surface area contributed by atoms with E-state index in [2.05, 4.69) is 185 Å². The van der Waals surface area contributed by atoms with Crippen LogP contribution in [0.4, 0.5) is 17.1 Å². The normalized spacial score (nSPS) is 14.6. The molecule has 0 saturated carbocycles. The summed E-state index contributed by atoms with van der Waals surface area (Å²) in [5.74, 6) is 6.89. The minimum Gasteiger partial charge on any atom is 3.00 e. The third-order valence-corrected chi connectivity index (χ3v) is 19.2. The van der Waals surface area contributed by atoms with Gasteiger partial charge in [0.05, 0.1) is 0 Å². The summed E-state index contributed by atoms with van der Waals surface area (Å²) in [4.78, 5) is 13.2. The van der Waals surface area contributed by atoms with E-state index in [9.17, 15) is 0 Å². The number of aryl methyl sites for hydroxylation is 3. The van der Waals surface area contributed by atoms with Gasteiger partial charge in [0.25, 0.3) is 0 Å². The molecule has 4 aromatic heterocycles. The van der Waals surface area contributed by atoms with E-state index in [0.717, 1.165) is 87.3 Å². The minimum absolute atomic E-state index is 0. The van der Waals surface area contributed by atoms with E-state index >= 15 is 0 Å². The van der Waals surface area contributed by atoms with Gasteiger partial charge in [-0.3, -0.25) is 0 Å². The van der Waals surface area contributed by atoms with Gasteiger partial charge < -0.3 is 14.6 Å². The number of fused-ring (bicyclic) bond motifs is 12. The molecule has 0 saturated heterocycles. The zero-order valence-corrected chi connectivity index (χ0v) is 48.5. The molecular weight excluding hydrogens is 1140 g/mol. The van der Waals surface area contributed by atoms with Gasteiger partial charge >= 0.3 is 180 Å². The zero-order chi connectivity index (χ0) is 51.5. The molecule has 1 aliphatic rings. The summed E-state index contributed by atoms with van der Waals surface area (Å²) in [5.41, 5.74) is 12.8. The molecule has 8 heteroatoms. The number of pyridine rings is 2. The Labute approximate surface area is 447 Å². The standard InChI is InChI=1S/C41H27N3OS.C23H34GeN.Ir/c1-22-21-33-27-13-8-9-18-34(27)45-38(33)24(3)36(22)44-37-29-15-7-5-12-26(29)25-11-4-6-14-28(25)35(37)43-40(44)32-17-10-16-30-31-20-19-23(2)42-41(31)46-39(30)32;1-22(2,3)15-18-14-21(25-16-20(18)24(7,8)9)17-11-10-12-19(13-17)23(4,5)6;/h4-16,18-21,40H,1-3H3;10,12-14,16H,15H2,1-9H3;/q-2;-1;+3/i;15D2;. The Morgan fingerprint density at radius 1 is 0.722 bits per heavy atom. The molecule has 5 nitrogen and oxygen atoms in total. The molecule has 72 heavy (non-hydrogen) atoms. The van der Waals surface area contributed by atoms with Crippen molar-refractivity contribution in [3.8, 4) is 11.3 Å². The van der Waals surface area contributed by atoms with Crippen molar-refractivity contribution in [2.24, 2.45) is 5.41 Å². The average molecular weight is 1200 g/mol. The van der Waals surface area contributed by atoms with Gasteiger partial charge in [0.15, 0.2) is 0 Å². The second kappa shape index (κ2) is 18.6. The fourth-order valence-corrected chi connectivity index (χ4v) is 14.6. The molecular formula is C64H61GeIrN4OS. The summed E-state index contributed by atoms with van der Waals surface area (Å²) in [5, 5.41) is 15.1. The number of thiophene rings is 1. The number of rotatable bonds is 5. The Kier molecular flexibility index (Phi) is 12.2. The molecule has 0 aliphatic carbocycles. The fraction of sp³-hybridized carbons (Fsp3) is 0.250. The molecule has 0 fully saturated rings. The summed E-state index contributed by atoms with van der Waals surface area (Å²) in [6.07, 6.45) is 0.174. The fourth-order valence-electron chi connectivity index (χ4n) is 10.5. The summed E-state index contributed by atoms with van der Waals surface area (Å²) < 4.78 is 26.7. The van der Waals surface area contributed by atoms with Gasteiger partial charge in [0.1, 0.15) is 16.0 Å². The topological polar surface area (TPSA) is 56.3 Å². The van der Waals surface area contributed by atoms with Crippen molar-refractivity contribution in [1.29, 1.82) is 0 Å². The predicted octanol–water partition coefficient (Wildman–Crippen LogP) is 18.2. The SMILES string of the molecule is Cc1ccc2c(n1)sc1c(C3[N-]c4c(c5ccccc5c5ccccc45)N3c3c(C)cc4c(oc5ccccc54)c3C)[c-]ccc12.[2H]C([2H])(c1cc(-c2[c-]ccc(C(C)(C)C)c2)nc[c]1[Ge]([CH3])([CH3])[CH3])C(C)(C)C.[Ir+3]. The van der Waals surface area contributed by atoms with Gasteiger partial charge in [-0.15, -0.1) is 16.6 Å². The third-order valence-electron chi connectivity index (χ3n) is 13.8. The van der Waals surface area contributed by atoms with Gasteiger partial charge in [-0.05, 0) is 72.2 Å². The number of hydrogen-bond acceptors (Lipinski definition) is 5. The van der Waals surface area contributed by atoms with E-state index < -0.39 is 25.1 Å². The Bertz CT molecular complexity index is 4010. The molecule has 0 amide bonds. The van der Waals surface area contributed by atoms with E-state index in [1.165, 1.54) is 42.8 Å². The molecule has 0 spiro atoms. The van der Waals surface area contributed by atoms with Gasteiger partial charge in [0, 0.05) is 38.8 Å². The first-order chi connectivity index (χ1) is 34.6. The summed E-state index contributed by atoms with van der Waals surface area (Å²) in [6.45, 7) is 19.0. The molecule has 0 radical (unpaired) electrons. The van der Waals surface area contributed by atoms with Crippen LogP contribution in [0, 0.1) is 38.3 Å². The van der Waals surface area contributed by atoms with Crippen LogP contribution in [-0.2, 0) is 31.9 Å². The number of furan rings is 1. The molecule has 11 aromatic rings. The van der Waals surface area contributed by atoms with Crippen molar-refractivity contribution < 1.29 is 27.3 Å². The number of hydrogen-bond donors (Lipinski definition) is 0. The van der Waals surface area contributed by atoms with Crippen LogP contribution in [0.5, 0.6) is 0 Å². The van der Waals surface area contributed by atoms with Gasteiger partial charge in [-0.25, -0.2) is 4.98 Å². The van der Waals surface area contributed by atoms with Gasteiger partial charge in [-0.2, -0.15) is 29.5 Å². The number of benzene rings is 7. The first-order valence-electron chi connectivity index (χ1n) is 25.7. The van der Waals surface area contributed by atoms with Crippen molar-refractivity contribution in [3.05, 3.63) is 185 Å². The van der Waals surface area contributed by atoms with Crippen LogP contribution in [0.3, 0.4) is 0 Å². The van der Waals surface area contributed by atoms with Crippen LogP contribution in [0.1, 0.15) is 84.0 Å². The maximum absolute atomic E-state index is 8.90. The minimum atomic E-state index is -2.29. The van der Waals surface area contributed by atoms with Crippen molar-refractivity contribution >= 4 is 110 Å². The molecule has 362 valence electrons. The summed E-state index contributed by atoms with van der Waals surface area (Å²) in [7, 11) is 0. The number of aromatic nitrogens is 2. The quantitative estimate of drug-likeness (QED) is 0.0979. The van der Waals surface area contributed by atoms with Crippen LogP contribution in [0.15, 0.2) is 138 Å². The molecule has 5 heterocycles. The Morgan fingerprint density at radius 3 is 2.10 bits per heavy atom. The van der Waals surface area contributed by atoms with E-state index in [4.69, 9.17) is 22.4 Å². The Hall–Kier alpha value is -5.83. The zero-order valence-electron chi connectivity index (χ0n) is 45.2. The van der Waals surface area contributed by atoms with Crippen LogP contribution >= 0.6 is 11.3 Å². The molecule has 0 N–H and O–H groups in total. The molecule has 0 bridgehead atoms. The maximum Gasteiger partial charge on any atom is 3.00 e. The molecule has 1 atom stereocenters. The molecule has 1 unspecified atom stereocenters. The number of nitrogens with zero attached hydrogens (tertiary/aromatic N) is 4.